The van der Waals surface area contributed by atoms with Gasteiger partial charge in [0.2, 0.25) is 0 Å². The Morgan fingerprint density at radius 2 is 0.965 bits per heavy atom. The van der Waals surface area contributed by atoms with Gasteiger partial charge in [-0.05, 0) is 104 Å². The lowest BCUT2D eigenvalue weighted by atomic mass is 9.92. The summed E-state index contributed by atoms with van der Waals surface area (Å²) in [4.78, 5) is 2.42. The van der Waals surface area contributed by atoms with Crippen LogP contribution in [0.4, 0.5) is 17.1 Å². The summed E-state index contributed by atoms with van der Waals surface area (Å²) >= 11 is 1.86. The van der Waals surface area contributed by atoms with E-state index in [9.17, 15) is 0 Å². The van der Waals surface area contributed by atoms with Crippen LogP contribution >= 0.6 is 11.3 Å². The Morgan fingerprint density at radius 1 is 0.333 bits per heavy atom. The van der Waals surface area contributed by atoms with Crippen molar-refractivity contribution in [3.8, 4) is 16.8 Å². The Bertz CT molecular complexity index is 3550. The van der Waals surface area contributed by atoms with Gasteiger partial charge in [0.05, 0.1) is 11.0 Å². The van der Waals surface area contributed by atoms with Crippen LogP contribution in [-0.4, -0.2) is 4.57 Å². The predicted molar refractivity (Wildman–Crippen MR) is 246 cm³/mol. The molecule has 0 bridgehead atoms. The number of anilines is 3. The highest BCUT2D eigenvalue weighted by Crippen LogP contribution is 2.45. The lowest BCUT2D eigenvalue weighted by Gasteiger charge is -2.26. The summed E-state index contributed by atoms with van der Waals surface area (Å²) in [5, 5.41) is 12.6. The second-order valence-corrected chi connectivity index (χ2v) is 16.0. The van der Waals surface area contributed by atoms with Crippen LogP contribution in [0.5, 0.6) is 0 Å². The smallest absolute Gasteiger partial charge is 0.0547 e. The van der Waals surface area contributed by atoms with Crippen molar-refractivity contribution in [3.05, 3.63) is 206 Å². The molecule has 10 aromatic carbocycles. The third-order valence-corrected chi connectivity index (χ3v) is 12.9. The minimum absolute atomic E-state index is 1.10. The van der Waals surface area contributed by atoms with E-state index in [0.717, 1.165) is 22.7 Å². The molecule has 0 spiro atoms. The fourth-order valence-corrected chi connectivity index (χ4v) is 10.3. The van der Waals surface area contributed by atoms with Crippen LogP contribution in [0.1, 0.15) is 0 Å². The SMILES string of the molecule is c1cc(N(c2ccc3ccccc3c2)c2ccc3c(c2)sc2ccccc23)cc(-n2c3ccccc3c3c4c(-c5cccc6ccccc56)cccc4ccc32)c1. The molecule has 0 saturated heterocycles. The highest BCUT2D eigenvalue weighted by molar-refractivity contribution is 7.25. The molecular weight excluding hydrogens is 709 g/mol. The van der Waals surface area contributed by atoms with E-state index in [1.807, 2.05) is 11.3 Å². The normalized spacial score (nSPS) is 11.9. The first-order chi connectivity index (χ1) is 28.3. The highest BCUT2D eigenvalue weighted by atomic mass is 32.1. The van der Waals surface area contributed by atoms with E-state index in [4.69, 9.17) is 0 Å². The lowest BCUT2D eigenvalue weighted by molar-refractivity contribution is 1.17. The molecule has 0 aliphatic carbocycles. The van der Waals surface area contributed by atoms with E-state index in [1.165, 1.54) is 85.4 Å². The first-order valence-corrected chi connectivity index (χ1v) is 20.3. The summed E-state index contributed by atoms with van der Waals surface area (Å²) in [5.74, 6) is 0. The zero-order chi connectivity index (χ0) is 37.5. The quantitative estimate of drug-likeness (QED) is 0.170. The largest absolute Gasteiger partial charge is 0.310 e. The summed E-state index contributed by atoms with van der Waals surface area (Å²) in [6.07, 6.45) is 0. The molecule has 2 heterocycles. The van der Waals surface area contributed by atoms with E-state index in [2.05, 4.69) is 216 Å². The maximum atomic E-state index is 2.46. The van der Waals surface area contributed by atoms with Crippen LogP contribution in [0.25, 0.3) is 91.1 Å². The summed E-state index contributed by atoms with van der Waals surface area (Å²) in [6, 6.07) is 75.8. The Labute approximate surface area is 333 Å². The van der Waals surface area contributed by atoms with Gasteiger partial charge in [0, 0.05) is 53.7 Å². The number of nitrogens with zero attached hydrogens (tertiary/aromatic N) is 2. The van der Waals surface area contributed by atoms with Crippen molar-refractivity contribution >= 4 is 103 Å². The standard InChI is InChI=1S/C54H34N2S/c1-2-14-38-32-41(28-26-35(38)12-1)55(42-29-30-46-45-20-6-8-25-51(45)57-52(46)34-42)39-17-11-18-40(33-39)56-49-24-7-5-21-48(49)54-50(56)31-27-37-16-10-23-47(53(37)54)44-22-9-15-36-13-3-4-19-43(36)44/h1-34H. The summed E-state index contributed by atoms with van der Waals surface area (Å²) in [5.41, 5.74) is 9.37. The van der Waals surface area contributed by atoms with E-state index in [0.29, 0.717) is 0 Å². The molecule has 12 rings (SSSR count). The number of thiophene rings is 1. The van der Waals surface area contributed by atoms with Crippen molar-refractivity contribution in [2.24, 2.45) is 0 Å². The number of rotatable bonds is 5. The summed E-state index contributed by atoms with van der Waals surface area (Å²) in [6.45, 7) is 0. The minimum atomic E-state index is 1.10. The van der Waals surface area contributed by atoms with Crippen LogP contribution < -0.4 is 4.90 Å². The minimum Gasteiger partial charge on any atom is -0.310 e. The van der Waals surface area contributed by atoms with Crippen molar-refractivity contribution in [2.45, 2.75) is 0 Å². The molecule has 0 aliphatic heterocycles. The molecule has 12 aromatic rings. The number of hydrogen-bond donors (Lipinski definition) is 0. The zero-order valence-corrected chi connectivity index (χ0v) is 31.7. The van der Waals surface area contributed by atoms with Gasteiger partial charge in [-0.3, -0.25) is 0 Å². The maximum absolute atomic E-state index is 2.46. The van der Waals surface area contributed by atoms with Gasteiger partial charge in [-0.1, -0.05) is 146 Å². The van der Waals surface area contributed by atoms with Gasteiger partial charge in [-0.25, -0.2) is 0 Å². The van der Waals surface area contributed by atoms with Gasteiger partial charge < -0.3 is 9.47 Å². The van der Waals surface area contributed by atoms with Crippen LogP contribution in [0.15, 0.2) is 206 Å². The van der Waals surface area contributed by atoms with E-state index < -0.39 is 0 Å². The number of fused-ring (bicyclic) bond motifs is 10. The average molecular weight is 743 g/mol. The molecule has 0 radical (unpaired) electrons. The molecule has 57 heavy (non-hydrogen) atoms. The first-order valence-electron chi connectivity index (χ1n) is 19.5. The van der Waals surface area contributed by atoms with Crippen LogP contribution in [0.3, 0.4) is 0 Å². The molecule has 2 nitrogen and oxygen atoms in total. The van der Waals surface area contributed by atoms with E-state index >= 15 is 0 Å². The third-order valence-electron chi connectivity index (χ3n) is 11.7. The highest BCUT2D eigenvalue weighted by Gasteiger charge is 2.20. The Kier molecular flexibility index (Phi) is 7.13. The Hall–Kier alpha value is -7.20. The van der Waals surface area contributed by atoms with Gasteiger partial charge in [0.1, 0.15) is 0 Å². The van der Waals surface area contributed by atoms with Crippen molar-refractivity contribution in [3.63, 3.8) is 0 Å². The van der Waals surface area contributed by atoms with Gasteiger partial charge >= 0.3 is 0 Å². The number of para-hydroxylation sites is 1. The van der Waals surface area contributed by atoms with Gasteiger partial charge in [-0.2, -0.15) is 0 Å². The molecule has 266 valence electrons. The maximum Gasteiger partial charge on any atom is 0.0547 e. The first kappa shape index (κ1) is 32.1. The van der Waals surface area contributed by atoms with Crippen LogP contribution in [0, 0.1) is 0 Å². The molecule has 2 aromatic heterocycles. The molecule has 0 N–H and O–H groups in total. The molecule has 0 atom stereocenters. The van der Waals surface area contributed by atoms with Crippen molar-refractivity contribution < 1.29 is 0 Å². The van der Waals surface area contributed by atoms with Crippen molar-refractivity contribution in [1.82, 2.24) is 4.57 Å². The van der Waals surface area contributed by atoms with E-state index in [1.54, 1.807) is 0 Å². The second kappa shape index (κ2) is 12.7. The Balaban J connectivity index is 1.10. The average Bonchev–Trinajstić information content (AvgIpc) is 3.82. The molecule has 0 saturated carbocycles. The van der Waals surface area contributed by atoms with Gasteiger partial charge in [0.25, 0.3) is 0 Å². The van der Waals surface area contributed by atoms with Gasteiger partial charge in [-0.15, -0.1) is 11.3 Å². The van der Waals surface area contributed by atoms with Crippen LogP contribution in [-0.2, 0) is 0 Å². The molecular formula is C54H34N2S. The number of benzene rings is 10. The molecule has 0 fully saturated rings. The number of aromatic nitrogens is 1. The molecule has 0 unspecified atom stereocenters. The van der Waals surface area contributed by atoms with Crippen LogP contribution in [0.2, 0.25) is 0 Å². The van der Waals surface area contributed by atoms with Crippen molar-refractivity contribution in [2.75, 3.05) is 4.90 Å². The lowest BCUT2D eigenvalue weighted by Crippen LogP contribution is -2.10. The predicted octanol–water partition coefficient (Wildman–Crippen LogP) is 15.7. The third kappa shape index (κ3) is 5.03. The monoisotopic (exact) mass is 742 g/mol. The second-order valence-electron chi connectivity index (χ2n) is 14.9. The van der Waals surface area contributed by atoms with Gasteiger partial charge in [0.15, 0.2) is 0 Å². The fraction of sp³-hybridized carbons (Fsp3) is 0. The molecule has 3 heteroatoms. The Morgan fingerprint density at radius 3 is 1.88 bits per heavy atom. The number of hydrogen-bond acceptors (Lipinski definition) is 2. The topological polar surface area (TPSA) is 8.17 Å². The van der Waals surface area contributed by atoms with E-state index in [-0.39, 0.29) is 0 Å². The van der Waals surface area contributed by atoms with Crippen molar-refractivity contribution in [1.29, 1.82) is 0 Å². The fourth-order valence-electron chi connectivity index (χ4n) is 9.19. The zero-order valence-electron chi connectivity index (χ0n) is 30.9. The molecule has 0 amide bonds. The summed E-state index contributed by atoms with van der Waals surface area (Å²) in [7, 11) is 0. The summed E-state index contributed by atoms with van der Waals surface area (Å²) < 4.78 is 5.06. The molecule has 0 aliphatic rings.